The third-order valence-electron chi connectivity index (χ3n) is 4.01. The van der Waals surface area contributed by atoms with Gasteiger partial charge in [0, 0.05) is 5.69 Å². The molecule has 0 saturated heterocycles. The van der Waals surface area contributed by atoms with Crippen LogP contribution in [0.4, 0.5) is 11.4 Å². The Balaban J connectivity index is 1.87. The van der Waals surface area contributed by atoms with E-state index >= 15 is 0 Å². The molecule has 0 radical (unpaired) electrons. The molecule has 0 aromatic heterocycles. The zero-order chi connectivity index (χ0) is 18.0. The van der Waals surface area contributed by atoms with Gasteiger partial charge in [0.15, 0.2) is 6.10 Å². The summed E-state index contributed by atoms with van der Waals surface area (Å²) in [6.07, 6.45) is -0.920. The number of hydrogen-bond donors (Lipinski definition) is 1. The standard InChI is InChI=1S/C18H20N2O4S/c1-3-25(22,23)20-12-17(24-16-10-5-4-9-15(16)20)18(21)19-14-8-6-7-13(2)11-14/h4-11,17H,3,12H2,1-2H3,(H,19,21). The lowest BCUT2D eigenvalue weighted by atomic mass is 10.2. The molecule has 1 unspecified atom stereocenters. The van der Waals surface area contributed by atoms with Crippen LogP contribution in [0.15, 0.2) is 48.5 Å². The van der Waals surface area contributed by atoms with Gasteiger partial charge in [-0.2, -0.15) is 0 Å². The molecular formula is C18H20N2O4S. The van der Waals surface area contributed by atoms with Crippen molar-refractivity contribution in [3.8, 4) is 5.75 Å². The third kappa shape index (κ3) is 3.61. The minimum Gasteiger partial charge on any atom is -0.476 e. The zero-order valence-corrected chi connectivity index (χ0v) is 14.9. The van der Waals surface area contributed by atoms with Crippen molar-refractivity contribution in [3.05, 3.63) is 54.1 Å². The van der Waals surface area contributed by atoms with Crippen molar-refractivity contribution < 1.29 is 17.9 Å². The summed E-state index contributed by atoms with van der Waals surface area (Å²) >= 11 is 0. The minimum atomic E-state index is -3.51. The summed E-state index contributed by atoms with van der Waals surface area (Å²) in [4.78, 5) is 12.6. The van der Waals surface area contributed by atoms with E-state index in [1.54, 1.807) is 37.3 Å². The summed E-state index contributed by atoms with van der Waals surface area (Å²) < 4.78 is 31.9. The fourth-order valence-electron chi connectivity index (χ4n) is 2.70. The fraction of sp³-hybridized carbons (Fsp3) is 0.278. The zero-order valence-electron chi connectivity index (χ0n) is 14.1. The van der Waals surface area contributed by atoms with E-state index in [-0.39, 0.29) is 18.2 Å². The number of carbonyl (C=O) groups excluding carboxylic acids is 1. The van der Waals surface area contributed by atoms with Crippen LogP contribution in [0.25, 0.3) is 0 Å². The molecule has 1 atom stereocenters. The van der Waals surface area contributed by atoms with Crippen LogP contribution in [-0.4, -0.2) is 32.7 Å². The number of nitrogens with one attached hydrogen (secondary N) is 1. The monoisotopic (exact) mass is 360 g/mol. The molecule has 2 aromatic carbocycles. The van der Waals surface area contributed by atoms with Gasteiger partial charge in [-0.25, -0.2) is 8.42 Å². The van der Waals surface area contributed by atoms with E-state index in [0.717, 1.165) is 5.56 Å². The Bertz CT molecular complexity index is 895. The number of sulfonamides is 1. The van der Waals surface area contributed by atoms with Crippen LogP contribution < -0.4 is 14.4 Å². The van der Waals surface area contributed by atoms with Crippen molar-refractivity contribution in [1.29, 1.82) is 0 Å². The van der Waals surface area contributed by atoms with Gasteiger partial charge in [0.2, 0.25) is 10.0 Å². The van der Waals surface area contributed by atoms with E-state index in [4.69, 9.17) is 4.74 Å². The summed E-state index contributed by atoms with van der Waals surface area (Å²) in [5, 5.41) is 2.79. The highest BCUT2D eigenvalue weighted by molar-refractivity contribution is 7.92. The molecule has 25 heavy (non-hydrogen) atoms. The van der Waals surface area contributed by atoms with Gasteiger partial charge >= 0.3 is 0 Å². The highest BCUT2D eigenvalue weighted by atomic mass is 32.2. The van der Waals surface area contributed by atoms with Crippen molar-refractivity contribution in [2.45, 2.75) is 20.0 Å². The second-order valence-electron chi connectivity index (χ2n) is 5.86. The summed E-state index contributed by atoms with van der Waals surface area (Å²) in [5.41, 5.74) is 2.13. The summed E-state index contributed by atoms with van der Waals surface area (Å²) in [6.45, 7) is 3.46. The number of nitrogens with zero attached hydrogens (tertiary/aromatic N) is 1. The van der Waals surface area contributed by atoms with Crippen molar-refractivity contribution >= 4 is 27.3 Å². The minimum absolute atomic E-state index is 0.0481. The van der Waals surface area contributed by atoms with Crippen LogP contribution in [0, 0.1) is 6.92 Å². The molecule has 0 fully saturated rings. The van der Waals surface area contributed by atoms with E-state index in [9.17, 15) is 13.2 Å². The lowest BCUT2D eigenvalue weighted by Gasteiger charge is -2.34. The van der Waals surface area contributed by atoms with Crippen LogP contribution in [0.1, 0.15) is 12.5 Å². The number of aryl methyl sites for hydroxylation is 1. The Morgan fingerprint density at radius 3 is 2.72 bits per heavy atom. The van der Waals surface area contributed by atoms with Gasteiger partial charge in [-0.3, -0.25) is 9.10 Å². The number of rotatable bonds is 4. The van der Waals surface area contributed by atoms with Crippen LogP contribution in [0.5, 0.6) is 5.75 Å². The number of amides is 1. The van der Waals surface area contributed by atoms with Crippen molar-refractivity contribution in [1.82, 2.24) is 0 Å². The predicted molar refractivity (Wildman–Crippen MR) is 97.5 cm³/mol. The van der Waals surface area contributed by atoms with E-state index < -0.39 is 16.1 Å². The lowest BCUT2D eigenvalue weighted by Crippen LogP contribution is -2.49. The largest absolute Gasteiger partial charge is 0.476 e. The molecule has 1 amide bonds. The van der Waals surface area contributed by atoms with Crippen molar-refractivity contribution in [2.24, 2.45) is 0 Å². The summed E-state index contributed by atoms with van der Waals surface area (Å²) in [6, 6.07) is 14.2. The van der Waals surface area contributed by atoms with Crippen LogP contribution in [0.2, 0.25) is 0 Å². The number of anilines is 2. The summed E-state index contributed by atoms with van der Waals surface area (Å²) in [7, 11) is -3.51. The van der Waals surface area contributed by atoms with E-state index in [1.165, 1.54) is 4.31 Å². The van der Waals surface area contributed by atoms with Gasteiger partial charge in [-0.15, -0.1) is 0 Å². The first-order valence-corrected chi connectivity index (χ1v) is 9.65. The molecule has 1 heterocycles. The molecule has 0 spiro atoms. The normalized spacial score (nSPS) is 16.7. The first-order valence-electron chi connectivity index (χ1n) is 8.04. The van der Waals surface area contributed by atoms with Crippen molar-refractivity contribution in [3.63, 3.8) is 0 Å². The first-order chi connectivity index (χ1) is 11.9. The van der Waals surface area contributed by atoms with E-state index in [1.807, 2.05) is 25.1 Å². The predicted octanol–water partition coefficient (Wildman–Crippen LogP) is 2.55. The second-order valence-corrected chi connectivity index (χ2v) is 8.05. The topological polar surface area (TPSA) is 75.7 Å². The SMILES string of the molecule is CCS(=O)(=O)N1CC(C(=O)Nc2cccc(C)c2)Oc2ccccc21. The van der Waals surface area contributed by atoms with E-state index in [2.05, 4.69) is 5.32 Å². The Morgan fingerprint density at radius 1 is 1.24 bits per heavy atom. The maximum Gasteiger partial charge on any atom is 0.267 e. The quantitative estimate of drug-likeness (QED) is 0.909. The number of benzene rings is 2. The maximum atomic E-state index is 12.6. The maximum absolute atomic E-state index is 12.6. The van der Waals surface area contributed by atoms with Gasteiger partial charge < -0.3 is 10.1 Å². The molecule has 6 nitrogen and oxygen atoms in total. The number of hydrogen-bond acceptors (Lipinski definition) is 4. The third-order valence-corrected chi connectivity index (χ3v) is 5.76. The van der Waals surface area contributed by atoms with Crippen molar-refractivity contribution in [2.75, 3.05) is 21.9 Å². The Hall–Kier alpha value is -2.54. The number of fused-ring (bicyclic) bond motifs is 1. The fourth-order valence-corrected chi connectivity index (χ4v) is 3.83. The van der Waals surface area contributed by atoms with Gasteiger partial charge in [0.05, 0.1) is 18.0 Å². The molecule has 1 aliphatic rings. The highest BCUT2D eigenvalue weighted by Gasteiger charge is 2.35. The second kappa shape index (κ2) is 6.76. The van der Waals surface area contributed by atoms with Gasteiger partial charge in [0.1, 0.15) is 5.75 Å². The Morgan fingerprint density at radius 2 is 2.00 bits per heavy atom. The molecule has 0 bridgehead atoms. The number of para-hydroxylation sites is 2. The number of carbonyl (C=O) groups is 1. The first kappa shape index (κ1) is 17.3. The van der Waals surface area contributed by atoms with Gasteiger partial charge in [-0.05, 0) is 43.7 Å². The van der Waals surface area contributed by atoms with Crippen LogP contribution >= 0.6 is 0 Å². The van der Waals surface area contributed by atoms with Crippen LogP contribution in [-0.2, 0) is 14.8 Å². The van der Waals surface area contributed by atoms with E-state index in [0.29, 0.717) is 17.1 Å². The Kier molecular flexibility index (Phi) is 4.67. The average Bonchev–Trinajstić information content (AvgIpc) is 2.60. The molecule has 1 N–H and O–H groups in total. The molecule has 3 rings (SSSR count). The number of ether oxygens (including phenoxy) is 1. The molecular weight excluding hydrogens is 340 g/mol. The molecule has 0 aliphatic carbocycles. The molecule has 0 saturated carbocycles. The summed E-state index contributed by atoms with van der Waals surface area (Å²) in [5.74, 6) is -0.0420. The smallest absolute Gasteiger partial charge is 0.267 e. The van der Waals surface area contributed by atoms with Gasteiger partial charge in [-0.1, -0.05) is 24.3 Å². The molecule has 2 aromatic rings. The molecule has 7 heteroatoms. The average molecular weight is 360 g/mol. The lowest BCUT2D eigenvalue weighted by molar-refractivity contribution is -0.122. The van der Waals surface area contributed by atoms with Gasteiger partial charge in [0.25, 0.3) is 5.91 Å². The molecule has 132 valence electrons. The van der Waals surface area contributed by atoms with Crippen LogP contribution in [0.3, 0.4) is 0 Å². The molecule has 1 aliphatic heterocycles. The Labute approximate surface area is 147 Å². The highest BCUT2D eigenvalue weighted by Crippen LogP contribution is 2.35.